The number of carbonyl (C=O) groups excluding carboxylic acids is 1. The fourth-order valence-corrected chi connectivity index (χ4v) is 4.02. The Bertz CT molecular complexity index is 1030. The standard InChI is InChI=1S/C22H25N3O4S/c1-3-7-20-16-24(22(26)29-17-18-8-5-4-6-9-18)14-15-25(20)19-10-12-21(13-11-19)30(27,28)23-2/h4-6,8-13,20,23H,14-17H2,1-2H3. The van der Waals surface area contributed by atoms with Gasteiger partial charge in [0.1, 0.15) is 12.6 Å². The van der Waals surface area contributed by atoms with Crippen LogP contribution in [0.5, 0.6) is 0 Å². The lowest BCUT2D eigenvalue weighted by molar-refractivity contribution is 0.0916. The van der Waals surface area contributed by atoms with Crippen molar-refractivity contribution in [1.29, 1.82) is 0 Å². The van der Waals surface area contributed by atoms with Crippen molar-refractivity contribution in [1.82, 2.24) is 9.62 Å². The molecule has 3 rings (SSSR count). The molecule has 1 heterocycles. The minimum Gasteiger partial charge on any atom is -0.445 e. The molecule has 0 aliphatic carbocycles. The number of carbonyl (C=O) groups is 1. The number of hydrogen-bond acceptors (Lipinski definition) is 5. The van der Waals surface area contributed by atoms with E-state index in [0.29, 0.717) is 19.6 Å². The first kappa shape index (κ1) is 21.7. The SMILES string of the molecule is CC#CC1CN(C(=O)OCc2ccccc2)CCN1c1ccc(S(=O)(=O)NC)cc1. The van der Waals surface area contributed by atoms with Crippen LogP contribution in [0.2, 0.25) is 0 Å². The van der Waals surface area contributed by atoms with E-state index < -0.39 is 10.0 Å². The van der Waals surface area contributed by atoms with Crippen molar-refractivity contribution in [2.24, 2.45) is 0 Å². The number of anilines is 1. The normalized spacial score (nSPS) is 16.5. The summed E-state index contributed by atoms with van der Waals surface area (Å²) in [5, 5.41) is 0. The first-order valence-corrected chi connectivity index (χ1v) is 11.1. The summed E-state index contributed by atoms with van der Waals surface area (Å²) in [5.74, 6) is 6.07. The molecule has 0 aromatic heterocycles. The number of sulfonamides is 1. The van der Waals surface area contributed by atoms with E-state index in [4.69, 9.17) is 4.74 Å². The van der Waals surface area contributed by atoms with E-state index in [2.05, 4.69) is 21.5 Å². The van der Waals surface area contributed by atoms with Gasteiger partial charge in [-0.3, -0.25) is 0 Å². The van der Waals surface area contributed by atoms with Crippen LogP contribution < -0.4 is 9.62 Å². The van der Waals surface area contributed by atoms with Crippen LogP contribution in [0.15, 0.2) is 59.5 Å². The van der Waals surface area contributed by atoms with Crippen LogP contribution in [-0.2, 0) is 21.4 Å². The van der Waals surface area contributed by atoms with E-state index in [-0.39, 0.29) is 23.6 Å². The zero-order valence-electron chi connectivity index (χ0n) is 17.0. The Labute approximate surface area is 177 Å². The minimum absolute atomic E-state index is 0.204. The predicted molar refractivity (Wildman–Crippen MR) is 115 cm³/mol. The van der Waals surface area contributed by atoms with Crippen molar-refractivity contribution in [2.75, 3.05) is 31.6 Å². The van der Waals surface area contributed by atoms with Crippen molar-refractivity contribution in [2.45, 2.75) is 24.5 Å². The molecule has 0 saturated carbocycles. The Balaban J connectivity index is 1.67. The minimum atomic E-state index is -3.48. The van der Waals surface area contributed by atoms with Gasteiger partial charge in [-0.05, 0) is 43.8 Å². The smallest absolute Gasteiger partial charge is 0.410 e. The third-order valence-electron chi connectivity index (χ3n) is 4.90. The molecule has 1 aliphatic rings. The molecule has 1 unspecified atom stereocenters. The number of hydrogen-bond donors (Lipinski definition) is 1. The van der Waals surface area contributed by atoms with E-state index in [1.54, 1.807) is 36.1 Å². The summed E-state index contributed by atoms with van der Waals surface area (Å²) in [6.07, 6.45) is -0.364. The highest BCUT2D eigenvalue weighted by Gasteiger charge is 2.29. The molecule has 8 heteroatoms. The summed E-state index contributed by atoms with van der Waals surface area (Å²) in [7, 11) is -2.10. The van der Waals surface area contributed by atoms with E-state index >= 15 is 0 Å². The summed E-state index contributed by atoms with van der Waals surface area (Å²) in [4.78, 5) is 16.5. The van der Waals surface area contributed by atoms with Gasteiger partial charge in [0.2, 0.25) is 10.0 Å². The van der Waals surface area contributed by atoms with Gasteiger partial charge in [0, 0.05) is 18.8 Å². The number of rotatable bonds is 5. The summed E-state index contributed by atoms with van der Waals surface area (Å²) in [6, 6.07) is 16.0. The largest absolute Gasteiger partial charge is 0.445 e. The highest BCUT2D eigenvalue weighted by atomic mass is 32.2. The number of nitrogens with one attached hydrogen (secondary N) is 1. The Morgan fingerprint density at radius 1 is 1.13 bits per heavy atom. The maximum absolute atomic E-state index is 12.5. The molecule has 0 spiro atoms. The van der Waals surface area contributed by atoms with Crippen molar-refractivity contribution < 1.29 is 17.9 Å². The van der Waals surface area contributed by atoms with Gasteiger partial charge < -0.3 is 14.5 Å². The lowest BCUT2D eigenvalue weighted by Crippen LogP contribution is -2.54. The molecule has 2 aromatic rings. The van der Waals surface area contributed by atoms with Crippen LogP contribution in [0.1, 0.15) is 12.5 Å². The first-order valence-electron chi connectivity index (χ1n) is 9.63. The highest BCUT2D eigenvalue weighted by Crippen LogP contribution is 2.23. The molecule has 158 valence electrons. The van der Waals surface area contributed by atoms with Gasteiger partial charge in [0.25, 0.3) is 0 Å². The predicted octanol–water partition coefficient (Wildman–Crippen LogP) is 2.45. The zero-order valence-corrected chi connectivity index (χ0v) is 17.9. The van der Waals surface area contributed by atoms with Gasteiger partial charge in [-0.2, -0.15) is 0 Å². The van der Waals surface area contributed by atoms with Gasteiger partial charge in [-0.15, -0.1) is 5.92 Å². The Morgan fingerprint density at radius 2 is 1.83 bits per heavy atom. The molecule has 1 N–H and O–H groups in total. The quantitative estimate of drug-likeness (QED) is 0.742. The molecule has 1 fully saturated rings. The second-order valence-electron chi connectivity index (χ2n) is 6.79. The van der Waals surface area contributed by atoms with Gasteiger partial charge >= 0.3 is 6.09 Å². The summed E-state index contributed by atoms with van der Waals surface area (Å²) < 4.78 is 31.6. The Kier molecular flexibility index (Phi) is 6.98. The van der Waals surface area contributed by atoms with E-state index in [9.17, 15) is 13.2 Å². The van der Waals surface area contributed by atoms with Gasteiger partial charge in [0.15, 0.2) is 0 Å². The summed E-state index contributed by atoms with van der Waals surface area (Å²) in [5.41, 5.74) is 1.79. The average molecular weight is 428 g/mol. The molecule has 30 heavy (non-hydrogen) atoms. The number of nitrogens with zero attached hydrogens (tertiary/aromatic N) is 2. The molecule has 2 aromatic carbocycles. The van der Waals surface area contributed by atoms with Gasteiger partial charge in [-0.1, -0.05) is 36.3 Å². The monoisotopic (exact) mass is 427 g/mol. The zero-order chi connectivity index (χ0) is 21.6. The van der Waals surface area contributed by atoms with Crippen LogP contribution in [-0.4, -0.2) is 52.1 Å². The first-order chi connectivity index (χ1) is 14.4. The number of benzene rings is 2. The van der Waals surface area contributed by atoms with Crippen molar-refractivity contribution in [3.8, 4) is 11.8 Å². The Morgan fingerprint density at radius 3 is 2.47 bits per heavy atom. The van der Waals surface area contributed by atoms with Gasteiger partial charge in [0.05, 0.1) is 11.4 Å². The van der Waals surface area contributed by atoms with E-state index in [0.717, 1.165) is 11.3 Å². The van der Waals surface area contributed by atoms with Crippen LogP contribution >= 0.6 is 0 Å². The molecule has 0 radical (unpaired) electrons. The maximum atomic E-state index is 12.5. The summed E-state index contributed by atoms with van der Waals surface area (Å²) in [6.45, 7) is 3.45. The second-order valence-corrected chi connectivity index (χ2v) is 8.68. The van der Waals surface area contributed by atoms with Crippen LogP contribution in [0.4, 0.5) is 10.5 Å². The molecule has 7 nitrogen and oxygen atoms in total. The summed E-state index contributed by atoms with van der Waals surface area (Å²) >= 11 is 0. The molecule has 1 amide bonds. The van der Waals surface area contributed by atoms with E-state index in [1.165, 1.54) is 7.05 Å². The molecule has 1 saturated heterocycles. The number of amides is 1. The van der Waals surface area contributed by atoms with Crippen molar-refractivity contribution in [3.05, 3.63) is 60.2 Å². The van der Waals surface area contributed by atoms with Crippen molar-refractivity contribution in [3.63, 3.8) is 0 Å². The topological polar surface area (TPSA) is 79.0 Å². The molecule has 1 aliphatic heterocycles. The Hall–Kier alpha value is -3.02. The number of piperazine rings is 1. The molecular weight excluding hydrogens is 402 g/mol. The van der Waals surface area contributed by atoms with Crippen molar-refractivity contribution >= 4 is 21.8 Å². The van der Waals surface area contributed by atoms with Crippen LogP contribution in [0.25, 0.3) is 0 Å². The van der Waals surface area contributed by atoms with Crippen LogP contribution in [0, 0.1) is 11.8 Å². The van der Waals surface area contributed by atoms with Gasteiger partial charge in [-0.25, -0.2) is 17.9 Å². The lowest BCUT2D eigenvalue weighted by Gasteiger charge is -2.40. The molecular formula is C22H25N3O4S. The lowest BCUT2D eigenvalue weighted by atomic mass is 10.1. The fraction of sp³-hybridized carbons (Fsp3) is 0.318. The van der Waals surface area contributed by atoms with Crippen LogP contribution in [0.3, 0.4) is 0 Å². The second kappa shape index (κ2) is 9.65. The molecule has 1 atom stereocenters. The third kappa shape index (κ3) is 5.12. The third-order valence-corrected chi connectivity index (χ3v) is 6.33. The van der Waals surface area contributed by atoms with E-state index in [1.807, 2.05) is 30.3 Å². The fourth-order valence-electron chi connectivity index (χ4n) is 3.29. The maximum Gasteiger partial charge on any atom is 0.410 e. The molecule has 0 bridgehead atoms. The number of ether oxygens (including phenoxy) is 1. The highest BCUT2D eigenvalue weighted by molar-refractivity contribution is 7.89. The average Bonchev–Trinajstić information content (AvgIpc) is 2.78.